The topological polar surface area (TPSA) is 97.3 Å². The third-order valence-corrected chi connectivity index (χ3v) is 5.83. The Morgan fingerprint density at radius 2 is 1.90 bits per heavy atom. The Morgan fingerprint density at radius 1 is 1.21 bits per heavy atom. The van der Waals surface area contributed by atoms with Gasteiger partial charge in [0.2, 0.25) is 10.0 Å². The number of hydrogen-bond acceptors (Lipinski definition) is 6. The third kappa shape index (κ3) is 6.03. The summed E-state index contributed by atoms with van der Waals surface area (Å²) in [7, 11) is -0.965. The van der Waals surface area contributed by atoms with Gasteiger partial charge in [-0.1, -0.05) is 0 Å². The van der Waals surface area contributed by atoms with Crippen molar-refractivity contribution in [2.24, 2.45) is 5.10 Å². The molecule has 0 heterocycles. The van der Waals surface area contributed by atoms with Gasteiger partial charge in [-0.05, 0) is 67.4 Å². The Balaban J connectivity index is 1.96. The number of nitrogens with one attached hydrogen (secondary N) is 1. The molecular weight excluding hydrogens is 394 g/mol. The van der Waals surface area contributed by atoms with Crippen LogP contribution >= 0.6 is 0 Å². The monoisotopic (exact) mass is 419 g/mol. The quantitative estimate of drug-likeness (QED) is 0.496. The van der Waals surface area contributed by atoms with Gasteiger partial charge in [-0.2, -0.15) is 9.41 Å². The fraction of sp³-hybridized carbons (Fsp3) is 0.300. The number of amides is 1. The average Bonchev–Trinajstić information content (AvgIpc) is 2.69. The van der Waals surface area contributed by atoms with E-state index in [0.29, 0.717) is 17.9 Å². The number of nitrogens with zero attached hydrogens (tertiary/aromatic N) is 2. The molecule has 1 N–H and O–H groups in total. The molecule has 0 spiro atoms. The summed E-state index contributed by atoms with van der Waals surface area (Å²) in [6.45, 7) is 3.86. The minimum Gasteiger partial charge on any atom is -0.496 e. The number of hydrogen-bond donors (Lipinski definition) is 1. The van der Waals surface area contributed by atoms with Gasteiger partial charge in [0.15, 0.2) is 0 Å². The van der Waals surface area contributed by atoms with E-state index in [1.165, 1.54) is 32.5 Å². The van der Waals surface area contributed by atoms with Crippen LogP contribution in [-0.2, 0) is 14.8 Å². The van der Waals surface area contributed by atoms with Crippen molar-refractivity contribution in [3.05, 3.63) is 53.6 Å². The van der Waals surface area contributed by atoms with Crippen LogP contribution in [0.15, 0.2) is 52.5 Å². The van der Waals surface area contributed by atoms with Gasteiger partial charge in [0, 0.05) is 7.05 Å². The molecule has 0 atom stereocenters. The largest absolute Gasteiger partial charge is 0.496 e. The van der Waals surface area contributed by atoms with E-state index in [2.05, 4.69) is 10.5 Å². The van der Waals surface area contributed by atoms with Gasteiger partial charge >= 0.3 is 0 Å². The Hall–Kier alpha value is -2.91. The highest BCUT2D eigenvalue weighted by Crippen LogP contribution is 2.23. The molecule has 156 valence electrons. The average molecular weight is 420 g/mol. The molecule has 0 aliphatic rings. The molecule has 8 nitrogen and oxygen atoms in total. The maximum Gasteiger partial charge on any atom is 0.255 e. The molecule has 0 aliphatic heterocycles. The summed E-state index contributed by atoms with van der Waals surface area (Å²) in [5.74, 6) is 0.783. The lowest BCUT2D eigenvalue weighted by atomic mass is 10.2. The fourth-order valence-corrected chi connectivity index (χ4v) is 3.72. The van der Waals surface area contributed by atoms with Crippen LogP contribution in [0.25, 0.3) is 0 Å². The minimum atomic E-state index is -3.82. The molecule has 29 heavy (non-hydrogen) atoms. The van der Waals surface area contributed by atoms with Crippen molar-refractivity contribution in [3.8, 4) is 11.5 Å². The van der Waals surface area contributed by atoms with E-state index in [4.69, 9.17) is 9.47 Å². The molecule has 0 bridgehead atoms. The predicted molar refractivity (Wildman–Crippen MR) is 111 cm³/mol. The molecule has 0 saturated carbocycles. The van der Waals surface area contributed by atoms with Gasteiger partial charge in [0.25, 0.3) is 5.91 Å². The number of rotatable bonds is 9. The lowest BCUT2D eigenvalue weighted by molar-refractivity contribution is -0.121. The molecule has 1 amide bonds. The van der Waals surface area contributed by atoms with Crippen LogP contribution in [0.5, 0.6) is 11.5 Å². The van der Waals surface area contributed by atoms with Crippen LogP contribution in [-0.4, -0.2) is 52.2 Å². The van der Waals surface area contributed by atoms with Crippen LogP contribution in [0.4, 0.5) is 0 Å². The van der Waals surface area contributed by atoms with E-state index >= 15 is 0 Å². The zero-order valence-electron chi connectivity index (χ0n) is 16.9. The maximum absolute atomic E-state index is 12.7. The van der Waals surface area contributed by atoms with Crippen molar-refractivity contribution in [2.75, 3.05) is 27.3 Å². The van der Waals surface area contributed by atoms with Crippen molar-refractivity contribution in [1.82, 2.24) is 9.73 Å². The van der Waals surface area contributed by atoms with E-state index in [1.54, 1.807) is 37.3 Å². The molecule has 0 aromatic heterocycles. The van der Waals surface area contributed by atoms with Crippen LogP contribution < -0.4 is 14.9 Å². The number of ether oxygens (including phenoxy) is 2. The Labute approximate surface area is 171 Å². The number of sulfonamides is 1. The molecule has 0 saturated heterocycles. The van der Waals surface area contributed by atoms with Gasteiger partial charge in [-0.25, -0.2) is 13.8 Å². The normalized spacial score (nSPS) is 11.6. The van der Waals surface area contributed by atoms with Crippen molar-refractivity contribution in [1.29, 1.82) is 0 Å². The molecule has 0 unspecified atom stereocenters. The number of carbonyl (C=O) groups is 1. The summed E-state index contributed by atoms with van der Waals surface area (Å²) in [6.07, 6.45) is 1.47. The number of aryl methyl sites for hydroxylation is 1. The third-order valence-electron chi connectivity index (χ3n) is 4.03. The molecule has 0 radical (unpaired) electrons. The highest BCUT2D eigenvalue weighted by Gasteiger charge is 2.23. The van der Waals surface area contributed by atoms with E-state index in [-0.39, 0.29) is 11.4 Å². The van der Waals surface area contributed by atoms with Gasteiger partial charge in [0.1, 0.15) is 11.5 Å². The van der Waals surface area contributed by atoms with Crippen LogP contribution in [0.1, 0.15) is 18.1 Å². The maximum atomic E-state index is 12.7. The smallest absolute Gasteiger partial charge is 0.255 e. The Kier molecular flexibility index (Phi) is 7.74. The van der Waals surface area contributed by atoms with Crippen LogP contribution in [0.3, 0.4) is 0 Å². The van der Waals surface area contributed by atoms with E-state index < -0.39 is 15.9 Å². The van der Waals surface area contributed by atoms with Crippen molar-refractivity contribution in [3.63, 3.8) is 0 Å². The predicted octanol–water partition coefficient (Wildman–Crippen LogP) is 2.17. The zero-order chi connectivity index (χ0) is 21.4. The van der Waals surface area contributed by atoms with E-state index in [0.717, 1.165) is 15.6 Å². The molecular formula is C20H25N3O5S. The zero-order valence-corrected chi connectivity index (χ0v) is 17.7. The first-order chi connectivity index (χ1) is 13.8. The van der Waals surface area contributed by atoms with Crippen LogP contribution in [0, 0.1) is 6.92 Å². The highest BCUT2D eigenvalue weighted by molar-refractivity contribution is 7.89. The highest BCUT2D eigenvalue weighted by atomic mass is 32.2. The summed E-state index contributed by atoms with van der Waals surface area (Å²) < 4.78 is 36.8. The second kappa shape index (κ2) is 10.0. The van der Waals surface area contributed by atoms with E-state index in [9.17, 15) is 13.2 Å². The Bertz CT molecular complexity index is 972. The SMILES string of the molecule is CCOc1ccc(/C=N\NC(=O)CN(C)S(=O)(=O)c2ccc(OC)c(C)c2)cc1. The summed E-state index contributed by atoms with van der Waals surface area (Å²) >= 11 is 0. The first-order valence-electron chi connectivity index (χ1n) is 8.93. The fourth-order valence-electron chi connectivity index (χ4n) is 2.51. The van der Waals surface area contributed by atoms with Crippen LogP contribution in [0.2, 0.25) is 0 Å². The van der Waals surface area contributed by atoms with E-state index in [1.807, 2.05) is 6.92 Å². The lowest BCUT2D eigenvalue weighted by Gasteiger charge is -2.17. The number of likely N-dealkylation sites (N-methyl/N-ethyl adjacent to an activating group) is 1. The summed E-state index contributed by atoms with van der Waals surface area (Å²) in [5.41, 5.74) is 3.78. The number of hydrazone groups is 1. The van der Waals surface area contributed by atoms with Crippen molar-refractivity contribution < 1.29 is 22.7 Å². The summed E-state index contributed by atoms with van der Waals surface area (Å²) in [6, 6.07) is 11.7. The number of benzene rings is 2. The molecule has 2 rings (SSSR count). The summed E-state index contributed by atoms with van der Waals surface area (Å²) in [5, 5.41) is 3.86. The van der Waals surface area contributed by atoms with Crippen molar-refractivity contribution in [2.45, 2.75) is 18.7 Å². The standard InChI is InChI=1S/C20H25N3O5S/c1-5-28-17-8-6-16(7-9-17)13-21-22-20(24)14-23(3)29(25,26)18-10-11-19(27-4)15(2)12-18/h6-13H,5,14H2,1-4H3,(H,22,24)/b21-13-. The second-order valence-electron chi connectivity index (χ2n) is 6.19. The molecule has 2 aromatic rings. The van der Waals surface area contributed by atoms with Gasteiger partial charge < -0.3 is 9.47 Å². The second-order valence-corrected chi connectivity index (χ2v) is 8.23. The number of carbonyl (C=O) groups excluding carboxylic acids is 1. The van der Waals surface area contributed by atoms with Crippen molar-refractivity contribution >= 4 is 22.1 Å². The lowest BCUT2D eigenvalue weighted by Crippen LogP contribution is -2.36. The summed E-state index contributed by atoms with van der Waals surface area (Å²) in [4.78, 5) is 12.1. The minimum absolute atomic E-state index is 0.0870. The Morgan fingerprint density at radius 3 is 2.48 bits per heavy atom. The van der Waals surface area contributed by atoms with Gasteiger partial charge in [-0.15, -0.1) is 0 Å². The van der Waals surface area contributed by atoms with Gasteiger partial charge in [-0.3, -0.25) is 4.79 Å². The molecule has 0 aliphatic carbocycles. The number of methoxy groups -OCH3 is 1. The molecule has 9 heteroatoms. The molecule has 2 aromatic carbocycles. The first-order valence-corrected chi connectivity index (χ1v) is 10.4. The van der Waals surface area contributed by atoms with Gasteiger partial charge in [0.05, 0.1) is 31.4 Å². The first kappa shape index (κ1) is 22.4. The molecule has 0 fully saturated rings.